The number of hydrogen-bond donors (Lipinski definition) is 2. The highest BCUT2D eigenvalue weighted by molar-refractivity contribution is 7.54. The van der Waals surface area contributed by atoms with Gasteiger partial charge in [-0.25, -0.2) is 4.79 Å². The van der Waals surface area contributed by atoms with Crippen molar-refractivity contribution in [3.8, 4) is 0 Å². The summed E-state index contributed by atoms with van der Waals surface area (Å²) in [7, 11) is -1.27. The second-order valence-corrected chi connectivity index (χ2v) is 8.66. The van der Waals surface area contributed by atoms with Gasteiger partial charge in [0.2, 0.25) is 0 Å². The summed E-state index contributed by atoms with van der Waals surface area (Å²) in [5, 5.41) is 10.1. The van der Waals surface area contributed by atoms with Crippen molar-refractivity contribution in [2.24, 2.45) is 0 Å². The van der Waals surface area contributed by atoms with Crippen LogP contribution in [0.25, 0.3) is 0 Å². The van der Waals surface area contributed by atoms with E-state index in [1.807, 2.05) is 0 Å². The Balaban J connectivity index is 2.02. The molecule has 0 aliphatic carbocycles. The summed E-state index contributed by atoms with van der Waals surface area (Å²) in [6, 6.07) is 0. The normalized spacial score (nSPS) is 22.4. The van der Waals surface area contributed by atoms with Crippen molar-refractivity contribution in [2.45, 2.75) is 31.3 Å². The molecule has 0 bridgehead atoms. The van der Waals surface area contributed by atoms with E-state index < -0.39 is 49.4 Å². The van der Waals surface area contributed by atoms with Crippen molar-refractivity contribution in [1.82, 2.24) is 9.55 Å². The Kier molecular flexibility index (Phi) is 7.99. The van der Waals surface area contributed by atoms with Gasteiger partial charge in [0.15, 0.2) is 0 Å². The lowest BCUT2D eigenvalue weighted by atomic mass is 10.2. The molecule has 1 aliphatic rings. The standard InChI is InChI=1S/C15H22ClN2O9P/c1-24-28(23,25-2)8-13(20)26-7-11-10(19)5-12(27-11)18-6-9(3-4-16)14(21)17-15(18)22/h6,10-12,19H,3-5,7-8H2,1-2H3,(H,17,21,22)/t10-,11+,12+/m0/s1. The number of halogens is 1. The third kappa shape index (κ3) is 5.53. The number of aromatic amines is 1. The number of hydrogen-bond acceptors (Lipinski definition) is 9. The minimum absolute atomic E-state index is 0.0448. The first-order valence-corrected chi connectivity index (χ1v) is 10.6. The molecule has 1 aromatic rings. The third-order valence-electron chi connectivity index (χ3n) is 4.21. The van der Waals surface area contributed by atoms with Gasteiger partial charge in [-0.1, -0.05) is 0 Å². The molecule has 0 amide bonds. The summed E-state index contributed by atoms with van der Waals surface area (Å²) in [5.74, 6) is -0.655. The number of rotatable bonds is 9. The largest absolute Gasteiger partial charge is 0.462 e. The predicted molar refractivity (Wildman–Crippen MR) is 97.7 cm³/mol. The maximum Gasteiger partial charge on any atom is 0.341 e. The molecule has 0 saturated carbocycles. The van der Waals surface area contributed by atoms with Gasteiger partial charge >= 0.3 is 19.3 Å². The Bertz CT molecular complexity index is 847. The van der Waals surface area contributed by atoms with Gasteiger partial charge in [-0.05, 0) is 6.42 Å². The number of esters is 1. The van der Waals surface area contributed by atoms with Gasteiger partial charge in [-0.2, -0.15) is 0 Å². The summed E-state index contributed by atoms with van der Waals surface area (Å²) >= 11 is 5.65. The molecule has 11 nitrogen and oxygen atoms in total. The van der Waals surface area contributed by atoms with Crippen LogP contribution in [0.2, 0.25) is 0 Å². The zero-order valence-electron chi connectivity index (χ0n) is 15.3. The van der Waals surface area contributed by atoms with Crippen LogP contribution in [-0.2, 0) is 34.3 Å². The molecule has 28 heavy (non-hydrogen) atoms. The Morgan fingerprint density at radius 2 is 2.11 bits per heavy atom. The quantitative estimate of drug-likeness (QED) is 0.307. The molecule has 2 rings (SSSR count). The van der Waals surface area contributed by atoms with Crippen LogP contribution >= 0.6 is 19.2 Å². The van der Waals surface area contributed by atoms with E-state index in [9.17, 15) is 24.1 Å². The van der Waals surface area contributed by atoms with Crippen LogP contribution in [-0.4, -0.2) is 65.7 Å². The molecule has 0 unspecified atom stereocenters. The highest BCUT2D eigenvalue weighted by Gasteiger charge is 2.37. The first-order chi connectivity index (χ1) is 13.2. The third-order valence-corrected chi connectivity index (χ3v) is 6.15. The number of H-pyrrole nitrogens is 1. The molecule has 1 fully saturated rings. The number of aromatic nitrogens is 2. The second-order valence-electron chi connectivity index (χ2n) is 6.01. The van der Waals surface area contributed by atoms with Crippen LogP contribution in [0.1, 0.15) is 18.2 Å². The lowest BCUT2D eigenvalue weighted by molar-refractivity contribution is -0.147. The molecule has 1 aliphatic heterocycles. The minimum Gasteiger partial charge on any atom is -0.462 e. The fourth-order valence-electron chi connectivity index (χ4n) is 2.64. The maximum atomic E-state index is 12.1. The van der Waals surface area contributed by atoms with E-state index in [1.54, 1.807) is 0 Å². The molecule has 13 heteroatoms. The molecule has 3 atom stereocenters. The first kappa shape index (κ1) is 22.8. The van der Waals surface area contributed by atoms with E-state index in [1.165, 1.54) is 6.20 Å². The Labute approximate surface area is 165 Å². The van der Waals surface area contributed by atoms with Crippen molar-refractivity contribution in [3.05, 3.63) is 32.6 Å². The van der Waals surface area contributed by atoms with Gasteiger partial charge in [0.1, 0.15) is 25.1 Å². The van der Waals surface area contributed by atoms with E-state index >= 15 is 0 Å². The number of ether oxygens (including phenoxy) is 2. The van der Waals surface area contributed by atoms with Crippen molar-refractivity contribution in [2.75, 3.05) is 32.9 Å². The summed E-state index contributed by atoms with van der Waals surface area (Å²) in [6.45, 7) is -0.323. The van der Waals surface area contributed by atoms with E-state index in [0.717, 1.165) is 18.8 Å². The number of carbonyl (C=O) groups excluding carboxylic acids is 1. The second kappa shape index (κ2) is 9.82. The first-order valence-electron chi connectivity index (χ1n) is 8.33. The average Bonchev–Trinajstić information content (AvgIpc) is 3.02. The summed E-state index contributed by atoms with van der Waals surface area (Å²) in [4.78, 5) is 37.8. The van der Waals surface area contributed by atoms with Crippen molar-refractivity contribution in [1.29, 1.82) is 0 Å². The monoisotopic (exact) mass is 440 g/mol. The fourth-order valence-corrected chi connectivity index (χ4v) is 3.66. The van der Waals surface area contributed by atoms with Crippen LogP contribution in [0.4, 0.5) is 0 Å². The highest BCUT2D eigenvalue weighted by atomic mass is 35.5. The molecular formula is C15H22ClN2O9P. The SMILES string of the molecule is COP(=O)(CC(=O)OC[C@H]1O[C@@H](n2cc(CCCl)c(=O)[nH]c2=O)C[C@@H]1O)OC. The van der Waals surface area contributed by atoms with Crippen LogP contribution in [0.15, 0.2) is 15.8 Å². The van der Waals surface area contributed by atoms with E-state index in [4.69, 9.17) is 21.1 Å². The number of carbonyl (C=O) groups is 1. The number of alkyl halides is 1. The lowest BCUT2D eigenvalue weighted by Gasteiger charge is -2.17. The molecule has 2 heterocycles. The number of aryl methyl sites for hydroxylation is 1. The Hall–Kier alpha value is -1.49. The van der Waals surface area contributed by atoms with Crippen molar-refractivity contribution < 1.29 is 33.0 Å². The minimum atomic E-state index is -3.57. The Morgan fingerprint density at radius 1 is 1.43 bits per heavy atom. The number of aliphatic hydroxyl groups is 1. The Morgan fingerprint density at radius 3 is 2.71 bits per heavy atom. The van der Waals surface area contributed by atoms with Gasteiger partial charge in [0.05, 0.1) is 6.10 Å². The van der Waals surface area contributed by atoms with E-state index in [0.29, 0.717) is 5.56 Å². The summed E-state index contributed by atoms with van der Waals surface area (Å²) in [6.07, 6.45) is -1.74. The molecule has 1 saturated heterocycles. The van der Waals surface area contributed by atoms with E-state index in [-0.39, 0.29) is 25.3 Å². The van der Waals surface area contributed by atoms with Gasteiger partial charge in [-0.15, -0.1) is 11.6 Å². The molecule has 158 valence electrons. The van der Waals surface area contributed by atoms with Gasteiger partial charge < -0.3 is 23.6 Å². The maximum absolute atomic E-state index is 12.1. The van der Waals surface area contributed by atoms with Gasteiger partial charge in [-0.3, -0.25) is 23.7 Å². The molecule has 0 aromatic carbocycles. The van der Waals surface area contributed by atoms with Crippen LogP contribution in [0.5, 0.6) is 0 Å². The van der Waals surface area contributed by atoms with Crippen molar-refractivity contribution >= 4 is 25.2 Å². The zero-order chi connectivity index (χ0) is 20.9. The molecule has 0 spiro atoms. The van der Waals surface area contributed by atoms with Crippen LogP contribution in [0.3, 0.4) is 0 Å². The topological polar surface area (TPSA) is 146 Å². The number of nitrogens with one attached hydrogen (secondary N) is 1. The van der Waals surface area contributed by atoms with Crippen molar-refractivity contribution in [3.63, 3.8) is 0 Å². The predicted octanol–water partition coefficient (Wildman–Crippen LogP) is -0.00460. The smallest absolute Gasteiger partial charge is 0.341 e. The number of nitrogens with zero attached hydrogens (tertiary/aromatic N) is 1. The van der Waals surface area contributed by atoms with Gasteiger partial charge in [0, 0.05) is 38.3 Å². The lowest BCUT2D eigenvalue weighted by Crippen LogP contribution is -2.34. The van der Waals surface area contributed by atoms with E-state index in [2.05, 4.69) is 14.0 Å². The highest BCUT2D eigenvalue weighted by Crippen LogP contribution is 2.46. The summed E-state index contributed by atoms with van der Waals surface area (Å²) < 4.78 is 32.9. The zero-order valence-corrected chi connectivity index (χ0v) is 17.0. The van der Waals surface area contributed by atoms with Gasteiger partial charge in [0.25, 0.3) is 5.56 Å². The fraction of sp³-hybridized carbons (Fsp3) is 0.667. The molecule has 0 radical (unpaired) electrons. The molecule has 1 aromatic heterocycles. The number of aliphatic hydroxyl groups excluding tert-OH is 1. The van der Waals surface area contributed by atoms with Crippen LogP contribution < -0.4 is 11.2 Å². The summed E-state index contributed by atoms with van der Waals surface area (Å²) in [5.41, 5.74) is -0.927. The molecular weight excluding hydrogens is 419 g/mol. The van der Waals surface area contributed by atoms with Crippen LogP contribution in [0, 0.1) is 0 Å². The molecule has 2 N–H and O–H groups in total. The average molecular weight is 441 g/mol.